The summed E-state index contributed by atoms with van der Waals surface area (Å²) >= 11 is 3.06. The van der Waals surface area contributed by atoms with Crippen LogP contribution in [0.5, 0.6) is 11.5 Å². The first-order chi connectivity index (χ1) is 9.65. The summed E-state index contributed by atoms with van der Waals surface area (Å²) < 4.78 is 23.9. The van der Waals surface area contributed by atoms with Crippen LogP contribution in [0.15, 0.2) is 40.9 Å². The second-order valence-corrected chi connectivity index (χ2v) is 4.92. The SMILES string of the molecule is O=C(Nc1ccc2c(c1)OCO2)c1cccc(F)c1Br. The molecule has 102 valence electrons. The van der Waals surface area contributed by atoms with Crippen molar-refractivity contribution in [2.24, 2.45) is 0 Å². The van der Waals surface area contributed by atoms with Crippen molar-refractivity contribution >= 4 is 27.5 Å². The van der Waals surface area contributed by atoms with Crippen LogP contribution in [0.25, 0.3) is 0 Å². The molecule has 1 aliphatic rings. The van der Waals surface area contributed by atoms with E-state index in [9.17, 15) is 9.18 Å². The summed E-state index contributed by atoms with van der Waals surface area (Å²) in [6.45, 7) is 0.169. The molecule has 0 saturated carbocycles. The Morgan fingerprint density at radius 2 is 2.00 bits per heavy atom. The maximum Gasteiger partial charge on any atom is 0.256 e. The van der Waals surface area contributed by atoms with Crippen LogP contribution in [0, 0.1) is 5.82 Å². The molecule has 0 atom stereocenters. The minimum absolute atomic E-state index is 0.137. The van der Waals surface area contributed by atoms with Crippen LogP contribution in [0.2, 0.25) is 0 Å². The van der Waals surface area contributed by atoms with Gasteiger partial charge in [-0.25, -0.2) is 4.39 Å². The molecule has 0 aliphatic carbocycles. The fraction of sp³-hybridized carbons (Fsp3) is 0.0714. The molecule has 1 heterocycles. The van der Waals surface area contributed by atoms with Gasteiger partial charge in [0.1, 0.15) is 5.82 Å². The maximum atomic E-state index is 13.4. The van der Waals surface area contributed by atoms with E-state index in [1.165, 1.54) is 18.2 Å². The van der Waals surface area contributed by atoms with Gasteiger partial charge in [-0.05, 0) is 40.2 Å². The normalized spacial score (nSPS) is 12.3. The molecule has 0 unspecified atom stereocenters. The van der Waals surface area contributed by atoms with Crippen LogP contribution < -0.4 is 14.8 Å². The monoisotopic (exact) mass is 337 g/mol. The number of amides is 1. The van der Waals surface area contributed by atoms with E-state index in [2.05, 4.69) is 21.2 Å². The van der Waals surface area contributed by atoms with Crippen molar-refractivity contribution in [3.05, 3.63) is 52.3 Å². The summed E-state index contributed by atoms with van der Waals surface area (Å²) in [5.74, 6) is 0.314. The molecule has 0 aromatic heterocycles. The van der Waals surface area contributed by atoms with Gasteiger partial charge in [-0.2, -0.15) is 0 Å². The quantitative estimate of drug-likeness (QED) is 0.911. The standard InChI is InChI=1S/C14H9BrFNO3/c15-13-9(2-1-3-10(13)16)14(18)17-8-4-5-11-12(6-8)20-7-19-11/h1-6H,7H2,(H,17,18). The van der Waals surface area contributed by atoms with Crippen molar-refractivity contribution in [2.45, 2.75) is 0 Å². The van der Waals surface area contributed by atoms with Crippen molar-refractivity contribution in [3.8, 4) is 11.5 Å². The van der Waals surface area contributed by atoms with Crippen LogP contribution in [-0.2, 0) is 0 Å². The molecular formula is C14H9BrFNO3. The highest BCUT2D eigenvalue weighted by atomic mass is 79.9. The summed E-state index contributed by atoms with van der Waals surface area (Å²) in [6, 6.07) is 9.36. The lowest BCUT2D eigenvalue weighted by molar-refractivity contribution is 0.102. The van der Waals surface area contributed by atoms with Gasteiger partial charge in [-0.1, -0.05) is 6.07 Å². The molecule has 0 saturated heterocycles. The average molecular weight is 338 g/mol. The number of ether oxygens (including phenoxy) is 2. The second kappa shape index (κ2) is 5.13. The average Bonchev–Trinajstić information content (AvgIpc) is 2.89. The Labute approximate surface area is 122 Å². The Morgan fingerprint density at radius 3 is 2.85 bits per heavy atom. The Bertz CT molecular complexity index is 690. The Kier molecular flexibility index (Phi) is 3.31. The fourth-order valence-corrected chi connectivity index (χ4v) is 2.30. The Hall–Kier alpha value is -2.08. The van der Waals surface area contributed by atoms with Gasteiger partial charge in [0.25, 0.3) is 5.91 Å². The molecule has 1 amide bonds. The molecule has 0 fully saturated rings. The van der Waals surface area contributed by atoms with Crippen LogP contribution in [0.4, 0.5) is 10.1 Å². The van der Waals surface area contributed by atoms with Crippen LogP contribution in [-0.4, -0.2) is 12.7 Å². The summed E-state index contributed by atoms with van der Waals surface area (Å²) in [5, 5.41) is 2.68. The molecule has 6 heteroatoms. The number of benzene rings is 2. The van der Waals surface area contributed by atoms with E-state index in [-0.39, 0.29) is 16.8 Å². The summed E-state index contributed by atoms with van der Waals surface area (Å²) in [5.41, 5.74) is 0.776. The predicted octanol–water partition coefficient (Wildman–Crippen LogP) is 3.57. The van der Waals surface area contributed by atoms with Gasteiger partial charge in [0, 0.05) is 11.8 Å². The van der Waals surface area contributed by atoms with E-state index in [1.807, 2.05) is 0 Å². The highest BCUT2D eigenvalue weighted by Crippen LogP contribution is 2.34. The van der Waals surface area contributed by atoms with Crippen molar-refractivity contribution in [1.82, 2.24) is 0 Å². The van der Waals surface area contributed by atoms with Crippen molar-refractivity contribution in [2.75, 3.05) is 12.1 Å². The molecule has 0 radical (unpaired) electrons. The molecular weight excluding hydrogens is 329 g/mol. The summed E-state index contributed by atoms with van der Waals surface area (Å²) in [7, 11) is 0. The molecule has 2 aromatic rings. The molecule has 1 N–H and O–H groups in total. The van der Waals surface area contributed by atoms with E-state index in [0.717, 1.165) is 0 Å². The van der Waals surface area contributed by atoms with E-state index in [1.54, 1.807) is 18.2 Å². The molecule has 3 rings (SSSR count). The number of hydrogen-bond acceptors (Lipinski definition) is 3. The first-order valence-corrected chi connectivity index (χ1v) is 6.59. The highest BCUT2D eigenvalue weighted by Gasteiger charge is 2.16. The number of carbonyl (C=O) groups is 1. The topological polar surface area (TPSA) is 47.6 Å². The van der Waals surface area contributed by atoms with Gasteiger partial charge >= 0.3 is 0 Å². The van der Waals surface area contributed by atoms with Gasteiger partial charge in [0.05, 0.1) is 10.0 Å². The molecule has 1 aliphatic heterocycles. The van der Waals surface area contributed by atoms with Crippen molar-refractivity contribution in [3.63, 3.8) is 0 Å². The summed E-state index contributed by atoms with van der Waals surface area (Å²) in [4.78, 5) is 12.1. The third-order valence-electron chi connectivity index (χ3n) is 2.83. The van der Waals surface area contributed by atoms with E-state index in [0.29, 0.717) is 17.2 Å². The van der Waals surface area contributed by atoms with Gasteiger partial charge in [0.2, 0.25) is 6.79 Å². The zero-order chi connectivity index (χ0) is 14.1. The van der Waals surface area contributed by atoms with Gasteiger partial charge in [-0.3, -0.25) is 4.79 Å². The molecule has 2 aromatic carbocycles. The van der Waals surface area contributed by atoms with Gasteiger partial charge in [-0.15, -0.1) is 0 Å². The highest BCUT2D eigenvalue weighted by molar-refractivity contribution is 9.10. The number of carbonyl (C=O) groups excluding carboxylic acids is 1. The van der Waals surface area contributed by atoms with E-state index in [4.69, 9.17) is 9.47 Å². The summed E-state index contributed by atoms with van der Waals surface area (Å²) in [6.07, 6.45) is 0. The lowest BCUT2D eigenvalue weighted by atomic mass is 10.2. The van der Waals surface area contributed by atoms with E-state index >= 15 is 0 Å². The van der Waals surface area contributed by atoms with Crippen LogP contribution in [0.3, 0.4) is 0 Å². The van der Waals surface area contributed by atoms with Crippen LogP contribution >= 0.6 is 15.9 Å². The van der Waals surface area contributed by atoms with Gasteiger partial charge < -0.3 is 14.8 Å². The Balaban J connectivity index is 1.84. The molecule has 0 bridgehead atoms. The number of fused-ring (bicyclic) bond motifs is 1. The second-order valence-electron chi connectivity index (χ2n) is 4.12. The lowest BCUT2D eigenvalue weighted by Gasteiger charge is -2.08. The third-order valence-corrected chi connectivity index (χ3v) is 3.63. The molecule has 20 heavy (non-hydrogen) atoms. The largest absolute Gasteiger partial charge is 0.454 e. The number of anilines is 1. The number of rotatable bonds is 2. The molecule has 0 spiro atoms. The maximum absolute atomic E-state index is 13.4. The van der Waals surface area contributed by atoms with E-state index < -0.39 is 11.7 Å². The number of halogens is 2. The number of hydrogen-bond donors (Lipinski definition) is 1. The first-order valence-electron chi connectivity index (χ1n) is 5.80. The minimum atomic E-state index is -0.483. The predicted molar refractivity (Wildman–Crippen MR) is 74.6 cm³/mol. The fourth-order valence-electron chi connectivity index (χ4n) is 1.85. The minimum Gasteiger partial charge on any atom is -0.454 e. The Morgan fingerprint density at radius 1 is 1.20 bits per heavy atom. The lowest BCUT2D eigenvalue weighted by Crippen LogP contribution is -2.13. The molecule has 4 nitrogen and oxygen atoms in total. The zero-order valence-electron chi connectivity index (χ0n) is 10.2. The first kappa shape index (κ1) is 12.9. The van der Waals surface area contributed by atoms with Crippen LogP contribution in [0.1, 0.15) is 10.4 Å². The number of nitrogens with one attached hydrogen (secondary N) is 1. The third kappa shape index (κ3) is 2.34. The van der Waals surface area contributed by atoms with Crippen molar-refractivity contribution in [1.29, 1.82) is 0 Å². The van der Waals surface area contributed by atoms with Gasteiger partial charge in [0.15, 0.2) is 11.5 Å². The van der Waals surface area contributed by atoms with Crippen molar-refractivity contribution < 1.29 is 18.7 Å². The smallest absolute Gasteiger partial charge is 0.256 e. The zero-order valence-corrected chi connectivity index (χ0v) is 11.7.